The summed E-state index contributed by atoms with van der Waals surface area (Å²) in [5, 5.41) is 2.92. The van der Waals surface area contributed by atoms with Crippen LogP contribution in [-0.4, -0.2) is 38.5 Å². The van der Waals surface area contributed by atoms with E-state index in [-0.39, 0.29) is 4.90 Å². The van der Waals surface area contributed by atoms with Gasteiger partial charge in [0.15, 0.2) is 0 Å². The van der Waals surface area contributed by atoms with Crippen LogP contribution in [-0.2, 0) is 16.6 Å². The third kappa shape index (κ3) is 4.18. The molecule has 1 aromatic carbocycles. The molecule has 1 aromatic rings. The van der Waals surface area contributed by atoms with E-state index in [1.165, 1.54) is 12.1 Å². The van der Waals surface area contributed by atoms with Gasteiger partial charge in [-0.15, -0.1) is 0 Å². The number of halogens is 3. The van der Waals surface area contributed by atoms with Gasteiger partial charge < -0.3 is 5.32 Å². The Labute approximate surface area is 122 Å². The summed E-state index contributed by atoms with van der Waals surface area (Å²) in [5.41, 5.74) is 0.866. The fourth-order valence-electron chi connectivity index (χ4n) is 2.07. The molecule has 118 valence electrons. The quantitative estimate of drug-likeness (QED) is 0.873. The van der Waals surface area contributed by atoms with Crippen molar-refractivity contribution in [3.05, 3.63) is 29.8 Å². The maximum atomic E-state index is 12.6. The van der Waals surface area contributed by atoms with E-state index < -0.39 is 28.8 Å². The molecule has 2 rings (SSSR count). The number of nitrogens with zero attached hydrogens (tertiary/aromatic N) is 1. The highest BCUT2D eigenvalue weighted by atomic mass is 32.2. The molecule has 1 fully saturated rings. The summed E-state index contributed by atoms with van der Waals surface area (Å²) < 4.78 is 63.1. The van der Waals surface area contributed by atoms with Crippen LogP contribution >= 0.6 is 0 Å². The van der Waals surface area contributed by atoms with E-state index in [1.54, 1.807) is 19.2 Å². The minimum absolute atomic E-state index is 0.0986. The van der Waals surface area contributed by atoms with Crippen LogP contribution in [0.15, 0.2) is 29.2 Å². The normalized spacial score (nSPS) is 16.4. The molecule has 0 aromatic heterocycles. The zero-order valence-electron chi connectivity index (χ0n) is 11.5. The smallest absolute Gasteiger partial charge is 0.316 e. The van der Waals surface area contributed by atoms with E-state index in [0.717, 1.165) is 5.56 Å². The topological polar surface area (TPSA) is 49.4 Å². The Morgan fingerprint density at radius 3 is 2.24 bits per heavy atom. The molecule has 0 radical (unpaired) electrons. The van der Waals surface area contributed by atoms with Gasteiger partial charge in [-0.1, -0.05) is 12.1 Å². The average molecular weight is 322 g/mol. The SMILES string of the molecule is CNCc1ccc(S(=O)(=O)N(CC(F)(F)F)C2CC2)cc1. The van der Waals surface area contributed by atoms with Gasteiger partial charge in [0.1, 0.15) is 6.54 Å². The van der Waals surface area contributed by atoms with Gasteiger partial charge in [-0.3, -0.25) is 0 Å². The summed E-state index contributed by atoms with van der Waals surface area (Å²) in [7, 11) is -2.36. The molecule has 0 heterocycles. The molecule has 0 amide bonds. The number of sulfonamides is 1. The minimum atomic E-state index is -4.54. The number of hydrogen-bond donors (Lipinski definition) is 1. The first-order valence-corrected chi connectivity index (χ1v) is 8.00. The van der Waals surface area contributed by atoms with Crippen molar-refractivity contribution < 1.29 is 21.6 Å². The predicted molar refractivity (Wildman–Crippen MR) is 72.2 cm³/mol. The van der Waals surface area contributed by atoms with Crippen molar-refractivity contribution in [3.8, 4) is 0 Å². The van der Waals surface area contributed by atoms with Crippen LogP contribution in [0.3, 0.4) is 0 Å². The lowest BCUT2D eigenvalue weighted by Crippen LogP contribution is -2.40. The van der Waals surface area contributed by atoms with Gasteiger partial charge in [-0.05, 0) is 37.6 Å². The molecule has 4 nitrogen and oxygen atoms in total. The first kappa shape index (κ1) is 16.3. The molecule has 0 atom stereocenters. The molecule has 8 heteroatoms. The Kier molecular flexibility index (Phi) is 4.60. The van der Waals surface area contributed by atoms with E-state index in [4.69, 9.17) is 0 Å². The average Bonchev–Trinajstić information content (AvgIpc) is 3.20. The standard InChI is InChI=1S/C13H17F3N2O2S/c1-17-8-10-2-6-12(7-3-10)21(19,20)18(11-4-5-11)9-13(14,15)16/h2-3,6-7,11,17H,4-5,8-9H2,1H3. The first-order valence-electron chi connectivity index (χ1n) is 6.56. The third-order valence-corrected chi connectivity index (χ3v) is 5.11. The summed E-state index contributed by atoms with van der Waals surface area (Å²) in [6.07, 6.45) is -3.58. The number of nitrogens with one attached hydrogen (secondary N) is 1. The molecule has 0 spiro atoms. The molecule has 1 saturated carbocycles. The Morgan fingerprint density at radius 1 is 1.24 bits per heavy atom. The predicted octanol–water partition coefficient (Wildman–Crippen LogP) is 2.12. The van der Waals surface area contributed by atoms with Crippen molar-refractivity contribution in [2.45, 2.75) is 36.5 Å². The van der Waals surface area contributed by atoms with Gasteiger partial charge in [-0.2, -0.15) is 17.5 Å². The van der Waals surface area contributed by atoms with Crippen molar-refractivity contribution in [2.24, 2.45) is 0 Å². The van der Waals surface area contributed by atoms with E-state index in [2.05, 4.69) is 5.32 Å². The Hall–Kier alpha value is -1.12. The number of benzene rings is 1. The largest absolute Gasteiger partial charge is 0.402 e. The lowest BCUT2D eigenvalue weighted by atomic mass is 10.2. The van der Waals surface area contributed by atoms with Gasteiger partial charge in [0.05, 0.1) is 4.90 Å². The van der Waals surface area contributed by atoms with Gasteiger partial charge in [0, 0.05) is 12.6 Å². The van der Waals surface area contributed by atoms with Crippen molar-refractivity contribution in [3.63, 3.8) is 0 Å². The first-order chi connectivity index (χ1) is 9.74. The number of hydrogen-bond acceptors (Lipinski definition) is 3. The zero-order valence-corrected chi connectivity index (χ0v) is 12.3. The van der Waals surface area contributed by atoms with Crippen molar-refractivity contribution in [1.82, 2.24) is 9.62 Å². The van der Waals surface area contributed by atoms with Crippen molar-refractivity contribution in [2.75, 3.05) is 13.6 Å². The fraction of sp³-hybridized carbons (Fsp3) is 0.538. The second kappa shape index (κ2) is 5.94. The lowest BCUT2D eigenvalue weighted by molar-refractivity contribution is -0.137. The minimum Gasteiger partial charge on any atom is -0.316 e. The molecule has 0 bridgehead atoms. The lowest BCUT2D eigenvalue weighted by Gasteiger charge is -2.23. The molecule has 1 aliphatic carbocycles. The summed E-state index contributed by atoms with van der Waals surface area (Å²) in [6, 6.07) is 5.37. The van der Waals surface area contributed by atoms with E-state index in [9.17, 15) is 21.6 Å². The van der Waals surface area contributed by atoms with Crippen LogP contribution in [0.1, 0.15) is 18.4 Å². The molecule has 0 aliphatic heterocycles. The number of alkyl halides is 3. The van der Waals surface area contributed by atoms with Gasteiger partial charge in [-0.25, -0.2) is 8.42 Å². The van der Waals surface area contributed by atoms with Crippen LogP contribution < -0.4 is 5.32 Å². The van der Waals surface area contributed by atoms with Crippen LogP contribution in [0.2, 0.25) is 0 Å². The highest BCUT2D eigenvalue weighted by molar-refractivity contribution is 7.89. The highest BCUT2D eigenvalue weighted by Crippen LogP contribution is 2.34. The number of rotatable bonds is 6. The van der Waals surface area contributed by atoms with Gasteiger partial charge in [0.25, 0.3) is 0 Å². The second-order valence-electron chi connectivity index (χ2n) is 5.07. The summed E-state index contributed by atoms with van der Waals surface area (Å²) in [4.78, 5) is -0.0986. The van der Waals surface area contributed by atoms with Crippen molar-refractivity contribution in [1.29, 1.82) is 0 Å². The Morgan fingerprint density at radius 2 is 1.81 bits per heavy atom. The second-order valence-corrected chi connectivity index (χ2v) is 6.96. The third-order valence-electron chi connectivity index (χ3n) is 3.20. The van der Waals surface area contributed by atoms with Gasteiger partial charge >= 0.3 is 6.18 Å². The molecule has 21 heavy (non-hydrogen) atoms. The maximum absolute atomic E-state index is 12.6. The zero-order chi connectivity index (χ0) is 15.7. The fourth-order valence-corrected chi connectivity index (χ4v) is 3.74. The summed E-state index contributed by atoms with van der Waals surface area (Å²) in [5.74, 6) is 0. The van der Waals surface area contributed by atoms with E-state index >= 15 is 0 Å². The van der Waals surface area contributed by atoms with Crippen LogP contribution in [0, 0.1) is 0 Å². The molecule has 0 saturated heterocycles. The van der Waals surface area contributed by atoms with E-state index in [1.807, 2.05) is 0 Å². The van der Waals surface area contributed by atoms with Crippen LogP contribution in [0.4, 0.5) is 13.2 Å². The summed E-state index contributed by atoms with van der Waals surface area (Å²) in [6.45, 7) is -0.868. The monoisotopic (exact) mass is 322 g/mol. The summed E-state index contributed by atoms with van der Waals surface area (Å²) >= 11 is 0. The molecule has 1 N–H and O–H groups in total. The Bertz CT molecular complexity index is 580. The van der Waals surface area contributed by atoms with E-state index in [0.29, 0.717) is 23.7 Å². The Balaban J connectivity index is 2.25. The molecule has 1 aliphatic rings. The van der Waals surface area contributed by atoms with Gasteiger partial charge in [0.2, 0.25) is 10.0 Å². The van der Waals surface area contributed by atoms with Crippen LogP contribution in [0.5, 0.6) is 0 Å². The molecular formula is C13H17F3N2O2S. The van der Waals surface area contributed by atoms with Crippen molar-refractivity contribution >= 4 is 10.0 Å². The highest BCUT2D eigenvalue weighted by Gasteiger charge is 2.44. The maximum Gasteiger partial charge on any atom is 0.402 e. The molecular weight excluding hydrogens is 305 g/mol. The molecule has 0 unspecified atom stereocenters. The van der Waals surface area contributed by atoms with Crippen LogP contribution in [0.25, 0.3) is 0 Å².